The highest BCUT2D eigenvalue weighted by Gasteiger charge is 2.14. The van der Waals surface area contributed by atoms with Crippen molar-refractivity contribution >= 4 is 17.6 Å². The van der Waals surface area contributed by atoms with E-state index in [0.717, 1.165) is 12.1 Å². The zero-order chi connectivity index (χ0) is 21.0. The van der Waals surface area contributed by atoms with E-state index in [1.54, 1.807) is 6.07 Å². The summed E-state index contributed by atoms with van der Waals surface area (Å²) in [5.41, 5.74) is 6.65. The first-order valence-electron chi connectivity index (χ1n) is 8.40. The van der Waals surface area contributed by atoms with Gasteiger partial charge in [0.25, 0.3) is 5.88 Å². The van der Waals surface area contributed by atoms with Gasteiger partial charge in [0.15, 0.2) is 23.2 Å². The van der Waals surface area contributed by atoms with Gasteiger partial charge in [-0.3, -0.25) is 4.79 Å². The van der Waals surface area contributed by atoms with Gasteiger partial charge in [-0.25, -0.2) is 23.7 Å². The first-order valence-corrected chi connectivity index (χ1v) is 8.77. The van der Waals surface area contributed by atoms with Crippen LogP contribution in [0, 0.1) is 11.6 Å². The maximum atomic E-state index is 14.4. The maximum Gasteiger partial charge on any atom is 0.304 e. The monoisotopic (exact) mass is 420 g/mol. The van der Waals surface area contributed by atoms with Crippen molar-refractivity contribution in [1.29, 1.82) is 0 Å². The van der Waals surface area contributed by atoms with Crippen LogP contribution in [-0.4, -0.2) is 32.1 Å². The van der Waals surface area contributed by atoms with Crippen LogP contribution in [0.3, 0.4) is 0 Å². The van der Waals surface area contributed by atoms with E-state index in [-0.39, 0.29) is 29.4 Å². The minimum absolute atomic E-state index is 0.0887. The lowest BCUT2D eigenvalue weighted by atomic mass is 10.1. The number of carboxylic acid groups (broad SMARTS) is 1. The number of nitrogens with zero attached hydrogens (tertiary/aromatic N) is 3. The molecule has 0 aliphatic rings. The molecule has 0 amide bonds. The van der Waals surface area contributed by atoms with E-state index in [9.17, 15) is 13.6 Å². The van der Waals surface area contributed by atoms with Gasteiger partial charge in [-0.2, -0.15) is 0 Å². The molecular weight excluding hydrogens is 406 g/mol. The van der Waals surface area contributed by atoms with Gasteiger partial charge in [0, 0.05) is 36.1 Å². The number of pyridine rings is 1. The van der Waals surface area contributed by atoms with Gasteiger partial charge >= 0.3 is 5.97 Å². The Balaban J connectivity index is 1.79. The fraction of sp³-hybridized carbons (Fsp3) is 0.158. The Kier molecular flexibility index (Phi) is 6.30. The number of rotatable bonds is 7. The first kappa shape index (κ1) is 20.6. The van der Waals surface area contributed by atoms with Crippen molar-refractivity contribution in [3.8, 4) is 23.0 Å². The number of carboxylic acids is 1. The largest absolute Gasteiger partial charge is 0.481 e. The van der Waals surface area contributed by atoms with Crippen LogP contribution < -0.4 is 10.5 Å². The molecule has 0 spiro atoms. The molecule has 7 nitrogen and oxygen atoms in total. The van der Waals surface area contributed by atoms with E-state index in [4.69, 9.17) is 27.2 Å². The normalized spacial score (nSPS) is 11.9. The highest BCUT2D eigenvalue weighted by molar-refractivity contribution is 6.30. The second-order valence-electron chi connectivity index (χ2n) is 6.12. The summed E-state index contributed by atoms with van der Waals surface area (Å²) in [4.78, 5) is 22.8. The summed E-state index contributed by atoms with van der Waals surface area (Å²) in [6, 6.07) is 5.94. The SMILES string of the molecule is NC(CC(=O)O)Cc1ccnc(-c2ccc(Oc3ncc(Cl)cc3F)c(F)c2)n1. The summed E-state index contributed by atoms with van der Waals surface area (Å²) >= 11 is 5.63. The highest BCUT2D eigenvalue weighted by atomic mass is 35.5. The number of carbonyl (C=O) groups is 1. The summed E-state index contributed by atoms with van der Waals surface area (Å²) in [6.07, 6.45) is 2.68. The van der Waals surface area contributed by atoms with Crippen LogP contribution >= 0.6 is 11.6 Å². The van der Waals surface area contributed by atoms with Crippen molar-refractivity contribution in [2.24, 2.45) is 5.73 Å². The number of ether oxygens (including phenoxy) is 1. The number of hydrogen-bond acceptors (Lipinski definition) is 6. The Morgan fingerprint density at radius 3 is 2.69 bits per heavy atom. The van der Waals surface area contributed by atoms with Gasteiger partial charge in [0.1, 0.15) is 0 Å². The molecule has 2 aromatic heterocycles. The summed E-state index contributed by atoms with van der Waals surface area (Å²) in [7, 11) is 0. The van der Waals surface area contributed by atoms with E-state index < -0.39 is 29.5 Å². The molecule has 0 saturated heterocycles. The summed E-state index contributed by atoms with van der Waals surface area (Å²) in [5.74, 6) is -3.01. The minimum Gasteiger partial charge on any atom is -0.481 e. The van der Waals surface area contributed by atoms with Crippen molar-refractivity contribution in [1.82, 2.24) is 15.0 Å². The lowest BCUT2D eigenvalue weighted by Gasteiger charge is -2.10. The van der Waals surface area contributed by atoms with Crippen LogP contribution in [0.5, 0.6) is 11.6 Å². The zero-order valence-electron chi connectivity index (χ0n) is 14.8. The summed E-state index contributed by atoms with van der Waals surface area (Å²) < 4.78 is 33.4. The van der Waals surface area contributed by atoms with Gasteiger partial charge in [-0.1, -0.05) is 11.6 Å². The molecule has 10 heteroatoms. The van der Waals surface area contributed by atoms with Crippen molar-refractivity contribution in [3.05, 3.63) is 65.1 Å². The molecule has 0 aliphatic carbocycles. The molecule has 3 aromatic rings. The van der Waals surface area contributed by atoms with Crippen LogP contribution in [0.25, 0.3) is 11.4 Å². The van der Waals surface area contributed by atoms with Gasteiger partial charge in [0.2, 0.25) is 0 Å². The fourth-order valence-corrected chi connectivity index (χ4v) is 2.66. The van der Waals surface area contributed by atoms with E-state index in [1.807, 2.05) is 0 Å². The van der Waals surface area contributed by atoms with Crippen LogP contribution in [0.1, 0.15) is 12.1 Å². The Bertz CT molecular complexity index is 1050. The smallest absolute Gasteiger partial charge is 0.304 e. The number of halogens is 3. The lowest BCUT2D eigenvalue weighted by molar-refractivity contribution is -0.137. The molecule has 0 saturated carbocycles. The van der Waals surface area contributed by atoms with Gasteiger partial charge < -0.3 is 15.6 Å². The second-order valence-corrected chi connectivity index (χ2v) is 6.56. The molecule has 2 heterocycles. The molecule has 0 bridgehead atoms. The van der Waals surface area contributed by atoms with E-state index in [1.165, 1.54) is 24.5 Å². The van der Waals surface area contributed by atoms with Crippen LogP contribution in [-0.2, 0) is 11.2 Å². The number of benzene rings is 1. The minimum atomic E-state index is -1.00. The molecule has 1 aromatic carbocycles. The van der Waals surface area contributed by atoms with E-state index >= 15 is 0 Å². The van der Waals surface area contributed by atoms with Crippen molar-refractivity contribution < 1.29 is 23.4 Å². The third kappa shape index (κ3) is 5.43. The Hall–Kier alpha value is -3.17. The fourth-order valence-electron chi connectivity index (χ4n) is 2.52. The number of nitrogens with two attached hydrogens (primary N) is 1. The van der Waals surface area contributed by atoms with Crippen molar-refractivity contribution in [3.63, 3.8) is 0 Å². The molecule has 0 aliphatic heterocycles. The Morgan fingerprint density at radius 1 is 1.21 bits per heavy atom. The van der Waals surface area contributed by atoms with Crippen LogP contribution in [0.15, 0.2) is 42.7 Å². The number of aliphatic carboxylic acids is 1. The molecule has 0 fully saturated rings. The van der Waals surface area contributed by atoms with Crippen LogP contribution in [0.4, 0.5) is 8.78 Å². The molecule has 1 unspecified atom stereocenters. The predicted octanol–water partition coefficient (Wildman–Crippen LogP) is 3.61. The van der Waals surface area contributed by atoms with Gasteiger partial charge in [-0.15, -0.1) is 0 Å². The maximum absolute atomic E-state index is 14.4. The quantitative estimate of drug-likeness (QED) is 0.600. The average Bonchev–Trinajstić information content (AvgIpc) is 2.65. The topological polar surface area (TPSA) is 111 Å². The number of aromatic nitrogens is 3. The molecule has 3 rings (SSSR count). The molecule has 3 N–H and O–H groups in total. The summed E-state index contributed by atoms with van der Waals surface area (Å²) in [6.45, 7) is 0. The van der Waals surface area contributed by atoms with Gasteiger partial charge in [-0.05, 0) is 30.3 Å². The first-order chi connectivity index (χ1) is 13.8. The van der Waals surface area contributed by atoms with E-state index in [2.05, 4.69) is 15.0 Å². The lowest BCUT2D eigenvalue weighted by Crippen LogP contribution is -2.26. The Morgan fingerprint density at radius 2 is 2.00 bits per heavy atom. The molecule has 29 heavy (non-hydrogen) atoms. The zero-order valence-corrected chi connectivity index (χ0v) is 15.6. The third-order valence-corrected chi connectivity index (χ3v) is 4.00. The predicted molar refractivity (Wildman–Crippen MR) is 101 cm³/mol. The average molecular weight is 421 g/mol. The molecule has 0 radical (unpaired) electrons. The molecular formula is C19H15ClF2N4O3. The van der Waals surface area contributed by atoms with Crippen molar-refractivity contribution in [2.75, 3.05) is 0 Å². The van der Waals surface area contributed by atoms with Gasteiger partial charge in [0.05, 0.1) is 11.4 Å². The number of hydrogen-bond donors (Lipinski definition) is 2. The second kappa shape index (κ2) is 8.89. The standard InChI is InChI=1S/C19H15ClF2N4O3/c20-11-6-15(22)19(25-9-11)29-16-2-1-10(5-14(16)21)18-24-4-3-13(26-18)7-12(23)8-17(27)28/h1-6,9,12H,7-8,23H2,(H,27,28). The van der Waals surface area contributed by atoms with Crippen molar-refractivity contribution in [2.45, 2.75) is 18.9 Å². The molecule has 1 atom stereocenters. The van der Waals surface area contributed by atoms with Crippen LogP contribution in [0.2, 0.25) is 5.02 Å². The summed E-state index contributed by atoms with van der Waals surface area (Å²) in [5, 5.41) is 8.88. The highest BCUT2D eigenvalue weighted by Crippen LogP contribution is 2.29. The van der Waals surface area contributed by atoms with E-state index in [0.29, 0.717) is 11.3 Å². The third-order valence-electron chi connectivity index (χ3n) is 3.79. The molecule has 150 valence electrons. The Labute approximate surface area is 169 Å².